The molecule has 1 aromatic carbocycles. The highest BCUT2D eigenvalue weighted by Gasteiger charge is 2.22. The maximum absolute atomic E-state index is 13.1. The first-order chi connectivity index (χ1) is 9.58. The van der Waals surface area contributed by atoms with E-state index in [4.69, 9.17) is 16.3 Å². The van der Waals surface area contributed by atoms with Gasteiger partial charge in [-0.05, 0) is 24.6 Å². The molecule has 0 unspecified atom stereocenters. The Hall–Kier alpha value is -1.88. The quantitative estimate of drug-likeness (QED) is 0.795. The van der Waals surface area contributed by atoms with Gasteiger partial charge in [-0.1, -0.05) is 18.5 Å². The predicted molar refractivity (Wildman–Crippen MR) is 73.9 cm³/mol. The first kappa shape index (κ1) is 14.5. The van der Waals surface area contributed by atoms with E-state index in [2.05, 4.69) is 5.10 Å². The molecule has 0 aliphatic carbocycles. The van der Waals surface area contributed by atoms with Crippen LogP contribution in [0, 0.1) is 5.82 Å². The average molecular weight is 297 g/mol. The summed E-state index contributed by atoms with van der Waals surface area (Å²) in [6, 6.07) is 3.68. The number of aryl methyl sites for hydroxylation is 1. The van der Waals surface area contributed by atoms with Crippen molar-refractivity contribution in [2.45, 2.75) is 19.9 Å². The van der Waals surface area contributed by atoms with Gasteiger partial charge in [0.2, 0.25) is 5.78 Å². The number of nitrogens with zero attached hydrogens (tertiary/aromatic N) is 2. The van der Waals surface area contributed by atoms with Gasteiger partial charge in [0.15, 0.2) is 11.4 Å². The third-order valence-corrected chi connectivity index (χ3v) is 3.16. The maximum Gasteiger partial charge on any atom is 0.216 e. The molecule has 0 radical (unpaired) electrons. The molecule has 2 aromatic rings. The third-order valence-electron chi connectivity index (χ3n) is 2.85. The van der Waals surface area contributed by atoms with Crippen molar-refractivity contribution in [3.63, 3.8) is 0 Å². The van der Waals surface area contributed by atoms with E-state index in [1.54, 1.807) is 4.68 Å². The molecule has 0 spiro atoms. The van der Waals surface area contributed by atoms with Crippen molar-refractivity contribution >= 4 is 17.4 Å². The summed E-state index contributed by atoms with van der Waals surface area (Å²) in [4.78, 5) is 12.6. The van der Waals surface area contributed by atoms with Crippen LogP contribution in [0.1, 0.15) is 29.4 Å². The Kier molecular flexibility index (Phi) is 4.39. The van der Waals surface area contributed by atoms with Gasteiger partial charge in [0.1, 0.15) is 5.82 Å². The summed E-state index contributed by atoms with van der Waals surface area (Å²) in [7, 11) is 1.47. The number of benzene rings is 1. The molecule has 106 valence electrons. The molecule has 0 bridgehead atoms. The first-order valence-electron chi connectivity index (χ1n) is 6.18. The fourth-order valence-electron chi connectivity index (χ4n) is 1.93. The van der Waals surface area contributed by atoms with E-state index in [0.717, 1.165) is 12.5 Å². The van der Waals surface area contributed by atoms with Gasteiger partial charge in [0, 0.05) is 12.1 Å². The summed E-state index contributed by atoms with van der Waals surface area (Å²) in [5, 5.41) is 4.19. The summed E-state index contributed by atoms with van der Waals surface area (Å²) in [5.74, 6) is -0.442. The Morgan fingerprint density at radius 3 is 2.85 bits per heavy atom. The van der Waals surface area contributed by atoms with Crippen molar-refractivity contribution in [3.8, 4) is 5.75 Å². The molecular formula is C14H14ClFN2O2. The second-order valence-corrected chi connectivity index (χ2v) is 4.65. The largest absolute Gasteiger partial charge is 0.493 e. The van der Waals surface area contributed by atoms with E-state index >= 15 is 0 Å². The number of methoxy groups -OCH3 is 1. The highest BCUT2D eigenvalue weighted by atomic mass is 35.5. The van der Waals surface area contributed by atoms with Gasteiger partial charge < -0.3 is 4.74 Å². The summed E-state index contributed by atoms with van der Waals surface area (Å²) < 4.78 is 19.8. The Labute approximate surface area is 121 Å². The number of halogens is 2. The minimum absolute atomic E-state index is 0.0706. The van der Waals surface area contributed by atoms with Crippen LogP contribution in [0.4, 0.5) is 4.39 Å². The SMILES string of the molecule is CCCn1ncc(OC)c1C(=O)c1ccc(F)cc1Cl. The zero-order chi connectivity index (χ0) is 14.7. The Morgan fingerprint density at radius 2 is 2.25 bits per heavy atom. The van der Waals surface area contributed by atoms with E-state index in [9.17, 15) is 9.18 Å². The molecule has 0 atom stereocenters. The molecule has 0 fully saturated rings. The Bertz CT molecular complexity index is 640. The molecule has 4 nitrogen and oxygen atoms in total. The van der Waals surface area contributed by atoms with Crippen LogP contribution in [0.15, 0.2) is 24.4 Å². The molecule has 0 aliphatic rings. The zero-order valence-electron chi connectivity index (χ0n) is 11.2. The smallest absolute Gasteiger partial charge is 0.216 e. The molecule has 0 amide bonds. The van der Waals surface area contributed by atoms with Crippen LogP contribution in [0.5, 0.6) is 5.75 Å². The molecule has 6 heteroatoms. The summed E-state index contributed by atoms with van der Waals surface area (Å²) in [5.41, 5.74) is 0.548. The number of ketones is 1. The summed E-state index contributed by atoms with van der Waals surface area (Å²) in [6.45, 7) is 2.57. The van der Waals surface area contributed by atoms with Crippen LogP contribution in [-0.2, 0) is 6.54 Å². The first-order valence-corrected chi connectivity index (χ1v) is 6.55. The lowest BCUT2D eigenvalue weighted by Gasteiger charge is -2.08. The Balaban J connectivity index is 2.49. The number of aromatic nitrogens is 2. The molecule has 0 saturated carbocycles. The number of hydrogen-bond acceptors (Lipinski definition) is 3. The van der Waals surface area contributed by atoms with Gasteiger partial charge in [-0.25, -0.2) is 4.39 Å². The number of carbonyl (C=O) groups excluding carboxylic acids is 1. The summed E-state index contributed by atoms with van der Waals surface area (Å²) in [6.07, 6.45) is 2.31. The van der Waals surface area contributed by atoms with E-state index in [0.29, 0.717) is 18.0 Å². The average Bonchev–Trinajstić information content (AvgIpc) is 2.81. The highest BCUT2D eigenvalue weighted by molar-refractivity contribution is 6.35. The second-order valence-electron chi connectivity index (χ2n) is 4.24. The minimum Gasteiger partial charge on any atom is -0.493 e. The molecule has 20 heavy (non-hydrogen) atoms. The fourth-order valence-corrected chi connectivity index (χ4v) is 2.18. The van der Waals surface area contributed by atoms with E-state index in [1.807, 2.05) is 6.92 Å². The normalized spacial score (nSPS) is 10.6. The fraction of sp³-hybridized carbons (Fsp3) is 0.286. The van der Waals surface area contributed by atoms with E-state index in [1.165, 1.54) is 25.4 Å². The lowest BCUT2D eigenvalue weighted by Crippen LogP contribution is -2.13. The van der Waals surface area contributed by atoms with Gasteiger partial charge >= 0.3 is 0 Å². The van der Waals surface area contributed by atoms with Crippen molar-refractivity contribution in [1.82, 2.24) is 9.78 Å². The van der Waals surface area contributed by atoms with Crippen LogP contribution >= 0.6 is 11.6 Å². The van der Waals surface area contributed by atoms with E-state index < -0.39 is 5.82 Å². The standard InChI is InChI=1S/C14H14ClFN2O2/c1-3-6-18-13(12(20-2)8-17-18)14(19)10-5-4-9(16)7-11(10)15/h4-5,7-8H,3,6H2,1-2H3. The monoisotopic (exact) mass is 296 g/mol. The lowest BCUT2D eigenvalue weighted by molar-refractivity contribution is 0.102. The van der Waals surface area contributed by atoms with Crippen molar-refractivity contribution in [3.05, 3.63) is 46.5 Å². The summed E-state index contributed by atoms with van der Waals surface area (Å²) >= 11 is 5.93. The topological polar surface area (TPSA) is 44.1 Å². The number of hydrogen-bond donors (Lipinski definition) is 0. The molecule has 1 heterocycles. The third kappa shape index (κ3) is 2.67. The van der Waals surface area contributed by atoms with E-state index in [-0.39, 0.29) is 16.4 Å². The zero-order valence-corrected chi connectivity index (χ0v) is 11.9. The number of ether oxygens (including phenoxy) is 1. The molecule has 1 aromatic heterocycles. The van der Waals surface area contributed by atoms with Crippen molar-refractivity contribution in [1.29, 1.82) is 0 Å². The van der Waals surface area contributed by atoms with Crippen LogP contribution in [-0.4, -0.2) is 22.7 Å². The van der Waals surface area contributed by atoms with Crippen LogP contribution in [0.2, 0.25) is 5.02 Å². The van der Waals surface area contributed by atoms with Gasteiger partial charge in [-0.15, -0.1) is 0 Å². The van der Waals surface area contributed by atoms with Crippen molar-refractivity contribution in [2.75, 3.05) is 7.11 Å². The predicted octanol–water partition coefficient (Wildman–Crippen LogP) is 3.33. The molecule has 2 rings (SSSR count). The molecule has 0 saturated heterocycles. The second kappa shape index (κ2) is 6.05. The van der Waals surface area contributed by atoms with Crippen molar-refractivity contribution < 1.29 is 13.9 Å². The minimum atomic E-state index is -0.486. The van der Waals surface area contributed by atoms with Gasteiger partial charge in [-0.2, -0.15) is 5.10 Å². The maximum atomic E-state index is 13.1. The van der Waals surface area contributed by atoms with Crippen LogP contribution in [0.25, 0.3) is 0 Å². The molecular weight excluding hydrogens is 283 g/mol. The highest BCUT2D eigenvalue weighted by Crippen LogP contribution is 2.26. The van der Waals surface area contributed by atoms with Gasteiger partial charge in [-0.3, -0.25) is 9.48 Å². The molecule has 0 N–H and O–H groups in total. The number of rotatable bonds is 5. The van der Waals surface area contributed by atoms with Gasteiger partial charge in [0.05, 0.1) is 18.3 Å². The lowest BCUT2D eigenvalue weighted by atomic mass is 10.1. The Morgan fingerprint density at radius 1 is 1.50 bits per heavy atom. The van der Waals surface area contributed by atoms with Crippen LogP contribution in [0.3, 0.4) is 0 Å². The number of carbonyl (C=O) groups is 1. The van der Waals surface area contributed by atoms with Crippen LogP contribution < -0.4 is 4.74 Å². The van der Waals surface area contributed by atoms with Gasteiger partial charge in [0.25, 0.3) is 0 Å². The molecule has 0 aliphatic heterocycles. The van der Waals surface area contributed by atoms with Crippen molar-refractivity contribution in [2.24, 2.45) is 0 Å².